The minimum atomic E-state index is -0.665. The lowest BCUT2D eigenvalue weighted by Crippen LogP contribution is -2.58. The highest BCUT2D eigenvalue weighted by Gasteiger charge is 2.34. The molecule has 0 aromatic heterocycles. The lowest BCUT2D eigenvalue weighted by molar-refractivity contribution is -0.387. The lowest BCUT2D eigenvalue weighted by atomic mass is 10.0. The Kier molecular flexibility index (Phi) is 9.56. The van der Waals surface area contributed by atoms with E-state index in [9.17, 15) is 24.8 Å². The number of hydrogen-bond acceptors (Lipinski definition) is 7. The van der Waals surface area contributed by atoms with Crippen LogP contribution in [0.25, 0.3) is 6.08 Å². The van der Waals surface area contributed by atoms with Gasteiger partial charge in [0.25, 0.3) is 5.69 Å². The number of aliphatic hydroxyl groups excluding tert-OH is 1. The van der Waals surface area contributed by atoms with Gasteiger partial charge in [-0.3, -0.25) is 19.8 Å². The summed E-state index contributed by atoms with van der Waals surface area (Å²) in [6.45, 7) is 9.83. The lowest BCUT2D eigenvalue weighted by Gasteiger charge is -2.40. The second-order valence-corrected chi connectivity index (χ2v) is 11.5. The summed E-state index contributed by atoms with van der Waals surface area (Å²) in [7, 11) is 0. The van der Waals surface area contributed by atoms with Gasteiger partial charge in [-0.1, -0.05) is 49.9 Å². The third-order valence-corrected chi connectivity index (χ3v) is 7.15. The van der Waals surface area contributed by atoms with Gasteiger partial charge in [0, 0.05) is 36.7 Å². The highest BCUT2D eigenvalue weighted by atomic mass is 32.2. The van der Waals surface area contributed by atoms with Gasteiger partial charge in [-0.15, -0.1) is 0 Å². The average Bonchev–Trinajstić information content (AvgIpc) is 2.86. The van der Waals surface area contributed by atoms with Crippen molar-refractivity contribution in [2.45, 2.75) is 62.0 Å². The van der Waals surface area contributed by atoms with Crippen LogP contribution in [0.2, 0.25) is 0 Å². The SMILES string of the molecule is CC(C)c1ccccc1Sc1ccc(/C=C/C(=O)N2CCN(C(=O)OC(C)(C)C)C(CO)C2)cc1[N+](=O)[O-]. The second-order valence-electron chi connectivity index (χ2n) is 10.4. The summed E-state index contributed by atoms with van der Waals surface area (Å²) in [5.41, 5.74) is 0.947. The molecular weight excluding hydrogens is 506 g/mol. The quantitative estimate of drug-likeness (QED) is 0.287. The maximum Gasteiger partial charge on any atom is 0.410 e. The van der Waals surface area contributed by atoms with Crippen LogP contribution in [0.4, 0.5) is 10.5 Å². The Morgan fingerprint density at radius 2 is 1.89 bits per heavy atom. The molecule has 0 bridgehead atoms. The molecule has 2 aromatic rings. The van der Waals surface area contributed by atoms with E-state index >= 15 is 0 Å². The van der Waals surface area contributed by atoms with Crippen molar-refractivity contribution < 1.29 is 24.4 Å². The molecule has 204 valence electrons. The van der Waals surface area contributed by atoms with E-state index in [1.807, 2.05) is 24.3 Å². The number of ether oxygens (including phenoxy) is 1. The zero-order chi connectivity index (χ0) is 28.0. The molecule has 1 unspecified atom stereocenters. The third kappa shape index (κ3) is 7.58. The number of nitro groups is 1. The number of nitrogens with zero attached hydrogens (tertiary/aromatic N) is 3. The topological polar surface area (TPSA) is 113 Å². The van der Waals surface area contributed by atoms with Crippen molar-refractivity contribution in [3.63, 3.8) is 0 Å². The maximum absolute atomic E-state index is 12.9. The van der Waals surface area contributed by atoms with E-state index in [-0.39, 0.29) is 43.8 Å². The van der Waals surface area contributed by atoms with Crippen molar-refractivity contribution in [1.82, 2.24) is 9.80 Å². The Bertz CT molecular complexity index is 1210. The molecule has 1 saturated heterocycles. The highest BCUT2D eigenvalue weighted by Crippen LogP contribution is 2.39. The Labute approximate surface area is 227 Å². The van der Waals surface area contributed by atoms with E-state index in [2.05, 4.69) is 13.8 Å². The largest absolute Gasteiger partial charge is 0.444 e. The van der Waals surface area contributed by atoms with Gasteiger partial charge >= 0.3 is 6.09 Å². The number of nitro benzene ring substituents is 1. The first kappa shape index (κ1) is 29.2. The van der Waals surface area contributed by atoms with E-state index in [1.54, 1.807) is 43.9 Å². The number of rotatable bonds is 7. The molecule has 1 heterocycles. The molecule has 1 aliphatic heterocycles. The van der Waals surface area contributed by atoms with Crippen molar-refractivity contribution in [3.8, 4) is 0 Å². The first-order valence-corrected chi connectivity index (χ1v) is 13.3. The predicted molar refractivity (Wildman–Crippen MR) is 147 cm³/mol. The molecule has 2 amide bonds. The van der Waals surface area contributed by atoms with Crippen LogP contribution in [-0.4, -0.2) is 69.7 Å². The molecule has 0 saturated carbocycles. The first-order valence-electron chi connectivity index (χ1n) is 12.5. The predicted octanol–water partition coefficient (Wildman–Crippen LogP) is 5.32. The number of benzene rings is 2. The van der Waals surface area contributed by atoms with E-state index in [4.69, 9.17) is 4.74 Å². The van der Waals surface area contributed by atoms with Gasteiger partial charge in [-0.05, 0) is 56.0 Å². The van der Waals surface area contributed by atoms with Gasteiger partial charge in [0.2, 0.25) is 5.91 Å². The summed E-state index contributed by atoms with van der Waals surface area (Å²) in [5, 5.41) is 21.6. The van der Waals surface area contributed by atoms with E-state index in [0.29, 0.717) is 10.5 Å². The Morgan fingerprint density at radius 3 is 2.53 bits per heavy atom. The summed E-state index contributed by atoms with van der Waals surface area (Å²) in [6.07, 6.45) is 2.37. The first-order chi connectivity index (χ1) is 17.9. The molecule has 10 heteroatoms. The third-order valence-electron chi connectivity index (χ3n) is 5.99. The minimum absolute atomic E-state index is 0.0329. The molecule has 2 aromatic carbocycles. The average molecular weight is 542 g/mol. The molecule has 9 nitrogen and oxygen atoms in total. The zero-order valence-electron chi connectivity index (χ0n) is 22.4. The van der Waals surface area contributed by atoms with Gasteiger partial charge in [0.05, 0.1) is 22.5 Å². The minimum Gasteiger partial charge on any atom is -0.444 e. The van der Waals surface area contributed by atoms with Crippen LogP contribution in [-0.2, 0) is 9.53 Å². The van der Waals surface area contributed by atoms with E-state index in [0.717, 1.165) is 10.5 Å². The number of aliphatic hydroxyl groups is 1. The molecular formula is C28H35N3O6S. The van der Waals surface area contributed by atoms with Gasteiger partial charge in [-0.2, -0.15) is 0 Å². The van der Waals surface area contributed by atoms with Gasteiger partial charge in [0.15, 0.2) is 0 Å². The van der Waals surface area contributed by atoms with E-state index < -0.39 is 22.7 Å². The number of piperazine rings is 1. The van der Waals surface area contributed by atoms with Gasteiger partial charge < -0.3 is 14.7 Å². The Morgan fingerprint density at radius 1 is 1.18 bits per heavy atom. The molecule has 0 radical (unpaired) electrons. The van der Waals surface area contributed by atoms with E-state index in [1.165, 1.54) is 28.8 Å². The van der Waals surface area contributed by atoms with Crippen LogP contribution in [0.5, 0.6) is 0 Å². The molecule has 0 spiro atoms. The summed E-state index contributed by atoms with van der Waals surface area (Å²) in [5.74, 6) is -0.0262. The molecule has 0 aliphatic carbocycles. The van der Waals surface area contributed by atoms with Crippen LogP contribution in [0, 0.1) is 10.1 Å². The molecule has 1 fully saturated rings. The monoisotopic (exact) mass is 541 g/mol. The summed E-state index contributed by atoms with van der Waals surface area (Å²) in [4.78, 5) is 41.2. The standard InChI is InChI=1S/C28H35N3O6S/c1-19(2)22-8-6-7-9-24(22)38-25-12-10-20(16-23(25)31(35)36)11-13-26(33)29-14-15-30(21(17-29)18-32)27(34)37-28(3,4)5/h6-13,16,19,21,32H,14-15,17-18H2,1-5H3/b13-11+. The normalized spacial score (nSPS) is 16.2. The van der Waals surface area contributed by atoms with Crippen molar-refractivity contribution >= 4 is 35.5 Å². The summed E-state index contributed by atoms with van der Waals surface area (Å²) < 4.78 is 5.41. The summed E-state index contributed by atoms with van der Waals surface area (Å²) in [6, 6.07) is 12.2. The second kappa shape index (κ2) is 12.4. The summed E-state index contributed by atoms with van der Waals surface area (Å²) >= 11 is 1.35. The fourth-order valence-corrected chi connectivity index (χ4v) is 5.26. The molecule has 1 aliphatic rings. The number of carbonyl (C=O) groups excluding carboxylic acids is 2. The Hall–Kier alpha value is -3.37. The molecule has 38 heavy (non-hydrogen) atoms. The molecule has 3 rings (SSSR count). The smallest absolute Gasteiger partial charge is 0.410 e. The van der Waals surface area contributed by atoms with Crippen LogP contribution in [0.3, 0.4) is 0 Å². The van der Waals surface area contributed by atoms with Crippen LogP contribution >= 0.6 is 11.8 Å². The Balaban J connectivity index is 1.72. The van der Waals surface area contributed by atoms with Gasteiger partial charge in [0.1, 0.15) is 5.60 Å². The highest BCUT2D eigenvalue weighted by molar-refractivity contribution is 7.99. The van der Waals surface area contributed by atoms with Crippen molar-refractivity contribution in [2.75, 3.05) is 26.2 Å². The maximum atomic E-state index is 12.9. The van der Waals surface area contributed by atoms with Crippen molar-refractivity contribution in [3.05, 3.63) is 69.8 Å². The fraction of sp³-hybridized carbons (Fsp3) is 0.429. The van der Waals surface area contributed by atoms with Crippen LogP contribution < -0.4 is 0 Å². The van der Waals surface area contributed by atoms with Crippen molar-refractivity contribution in [1.29, 1.82) is 0 Å². The number of hydrogen-bond donors (Lipinski definition) is 1. The number of carbonyl (C=O) groups is 2. The van der Waals surface area contributed by atoms with Crippen molar-refractivity contribution in [2.24, 2.45) is 0 Å². The molecule has 1 atom stereocenters. The fourth-order valence-electron chi connectivity index (χ4n) is 4.08. The van der Waals surface area contributed by atoms with Gasteiger partial charge in [-0.25, -0.2) is 4.79 Å². The molecule has 1 N–H and O–H groups in total. The number of amides is 2. The van der Waals surface area contributed by atoms with Crippen LogP contribution in [0.15, 0.2) is 58.3 Å². The van der Waals surface area contributed by atoms with Crippen LogP contribution in [0.1, 0.15) is 51.7 Å². The zero-order valence-corrected chi connectivity index (χ0v) is 23.2.